The largest absolute Gasteiger partial charge is 3.00 e. The van der Waals surface area contributed by atoms with Gasteiger partial charge in [-0.05, 0) is 102 Å². The molecule has 3 unspecified atom stereocenters. The maximum Gasteiger partial charge on any atom is 3.00 e. The number of hydrogen-bond donors (Lipinski definition) is 0. The third kappa shape index (κ3) is 6.37. The van der Waals surface area contributed by atoms with E-state index in [0.717, 1.165) is 35.2 Å². The van der Waals surface area contributed by atoms with Gasteiger partial charge in [-0.15, -0.1) is 0 Å². The standard InChI is InChI=1S/C55H57.C2H6Si.2ClH.Zr/c1-10-20-37-33-43-41(27-19-28-42(43)47-38-24-14-11-21-34(38)31-35-22-12-15-25-39(35)47)46(37)50-49-44-32-36-23-13-16-26-40(36)48(44)45-29-17-18-30-54(45,8)55(49,9)53(6,7)52(4,5)51(50,2)3;1-3-2;;;/h11-17,19,21-29,31,33,46H,10,18,20,30,32H2,1-9H3;1-2H3;2*1H;/q-1;;;;+3/p-2. The molecule has 1 fully saturated rings. The predicted molar refractivity (Wildman–Crippen MR) is 253 cm³/mol. The van der Waals surface area contributed by atoms with E-state index in [-0.39, 0.29) is 84.0 Å². The quantitative estimate of drug-likeness (QED) is 0.0957. The Bertz CT molecular complexity index is 2580. The fourth-order valence-corrected chi connectivity index (χ4v) is 13.1. The monoisotopic (exact) mass is 935 g/mol. The summed E-state index contributed by atoms with van der Waals surface area (Å²) in [6.07, 6.45) is 13.3. The van der Waals surface area contributed by atoms with E-state index in [1.807, 2.05) is 0 Å². The molecule has 4 heteroatoms. The van der Waals surface area contributed by atoms with Crippen LogP contribution in [0.5, 0.6) is 0 Å². The summed E-state index contributed by atoms with van der Waals surface area (Å²) in [5.74, 6) is 1.94. The number of allylic oxidation sites excluding steroid dienone is 7. The van der Waals surface area contributed by atoms with E-state index in [9.17, 15) is 0 Å². The Labute approximate surface area is 402 Å². The van der Waals surface area contributed by atoms with Crippen molar-refractivity contribution in [2.24, 2.45) is 27.1 Å². The summed E-state index contributed by atoms with van der Waals surface area (Å²) in [5, 5.41) is 5.30. The van der Waals surface area contributed by atoms with Crippen molar-refractivity contribution in [2.45, 2.75) is 113 Å². The molecule has 3 atom stereocenters. The zero-order valence-corrected chi connectivity index (χ0v) is 43.3. The molecule has 0 amide bonds. The Balaban J connectivity index is 0.00000101. The van der Waals surface area contributed by atoms with Crippen LogP contribution in [-0.4, -0.2) is 9.52 Å². The van der Waals surface area contributed by atoms with E-state index in [1.54, 1.807) is 33.8 Å². The van der Waals surface area contributed by atoms with E-state index in [2.05, 4.69) is 191 Å². The molecular formula is C57H63Cl2SiZr. The van der Waals surface area contributed by atoms with Gasteiger partial charge >= 0.3 is 26.2 Å². The van der Waals surface area contributed by atoms with E-state index in [1.165, 1.54) is 61.3 Å². The molecular weight excluding hydrogens is 875 g/mol. The first-order valence-electron chi connectivity index (χ1n) is 22.1. The summed E-state index contributed by atoms with van der Waals surface area (Å²) < 4.78 is 0. The molecule has 5 aliphatic carbocycles. The van der Waals surface area contributed by atoms with Crippen molar-refractivity contribution >= 4 is 42.7 Å². The SMILES string of the molecule is CCCC1=Cc2c(-c3c4ccccc4cc4ccccc34)cccc2C1[C-]1C2=C3Cc4ccccc4C3=C3C=CCCC3(C)C2(C)C(C)(C)C(C)(C)C1(C)C.C[Si]C.[Cl-].[Cl-].[Zr+3]. The topological polar surface area (TPSA) is 0 Å². The van der Waals surface area contributed by atoms with Crippen molar-refractivity contribution in [2.75, 3.05) is 0 Å². The molecule has 0 nitrogen and oxygen atoms in total. The molecule has 10 rings (SSSR count). The predicted octanol–water partition coefficient (Wildman–Crippen LogP) is 10.1. The van der Waals surface area contributed by atoms with Gasteiger partial charge < -0.3 is 24.8 Å². The minimum atomic E-state index is -0.0855. The number of halogens is 2. The van der Waals surface area contributed by atoms with Crippen molar-refractivity contribution in [1.29, 1.82) is 0 Å². The van der Waals surface area contributed by atoms with E-state index < -0.39 is 0 Å². The molecule has 5 aromatic rings. The summed E-state index contributed by atoms with van der Waals surface area (Å²) in [7, 11) is 1.08. The molecule has 61 heavy (non-hydrogen) atoms. The molecule has 0 aromatic heterocycles. The van der Waals surface area contributed by atoms with Gasteiger partial charge in [-0.1, -0.05) is 225 Å². The Morgan fingerprint density at radius 2 is 1.31 bits per heavy atom. The maximum atomic E-state index is 2.73. The second-order valence-electron chi connectivity index (χ2n) is 20.1. The molecule has 5 aliphatic rings. The minimum Gasteiger partial charge on any atom is -1.00 e. The number of rotatable bonds is 4. The Kier molecular flexibility index (Phi) is 13.2. The first-order valence-corrected chi connectivity index (χ1v) is 24.1. The minimum absolute atomic E-state index is 0. The van der Waals surface area contributed by atoms with Gasteiger partial charge in [-0.25, -0.2) is 0 Å². The van der Waals surface area contributed by atoms with Crippen molar-refractivity contribution in [1.82, 2.24) is 0 Å². The summed E-state index contributed by atoms with van der Waals surface area (Å²) in [6, 6.07) is 37.1. The first-order chi connectivity index (χ1) is 27.7. The van der Waals surface area contributed by atoms with E-state index >= 15 is 0 Å². The summed E-state index contributed by atoms with van der Waals surface area (Å²) in [4.78, 5) is 0. The van der Waals surface area contributed by atoms with E-state index in [4.69, 9.17) is 0 Å². The van der Waals surface area contributed by atoms with Crippen LogP contribution < -0.4 is 24.8 Å². The Hall–Kier alpha value is -2.87. The van der Waals surface area contributed by atoms with Gasteiger partial charge in [-0.3, -0.25) is 0 Å². The molecule has 5 aromatic carbocycles. The molecule has 0 heterocycles. The summed E-state index contributed by atoms with van der Waals surface area (Å²) >= 11 is 0. The van der Waals surface area contributed by atoms with Crippen LogP contribution >= 0.6 is 0 Å². The van der Waals surface area contributed by atoms with Gasteiger partial charge in [0.15, 0.2) is 0 Å². The maximum absolute atomic E-state index is 2.73. The van der Waals surface area contributed by atoms with Crippen molar-refractivity contribution in [3.05, 3.63) is 160 Å². The van der Waals surface area contributed by atoms with Gasteiger partial charge in [-0.2, -0.15) is 17.1 Å². The first kappa shape index (κ1) is 47.6. The van der Waals surface area contributed by atoms with Gasteiger partial charge in [0.25, 0.3) is 0 Å². The van der Waals surface area contributed by atoms with Crippen LogP contribution in [0.1, 0.15) is 116 Å². The Morgan fingerprint density at radius 3 is 1.95 bits per heavy atom. The van der Waals surface area contributed by atoms with Crippen LogP contribution in [0, 0.1) is 33.0 Å². The van der Waals surface area contributed by atoms with Crippen LogP contribution in [0.25, 0.3) is 44.3 Å². The second kappa shape index (κ2) is 16.9. The van der Waals surface area contributed by atoms with Gasteiger partial charge in [0, 0.05) is 9.52 Å². The fraction of sp³-hybridized carbons (Fsp3) is 0.386. The fourth-order valence-electron chi connectivity index (χ4n) is 13.1. The Morgan fingerprint density at radius 1 is 0.721 bits per heavy atom. The summed E-state index contributed by atoms with van der Waals surface area (Å²) in [6.45, 7) is 27.9. The summed E-state index contributed by atoms with van der Waals surface area (Å²) in [5.41, 5.74) is 16.6. The smallest absolute Gasteiger partial charge is 1.00 e. The average molecular weight is 938 g/mol. The molecule has 313 valence electrons. The second-order valence-corrected chi connectivity index (χ2v) is 21.1. The number of benzene rings is 5. The van der Waals surface area contributed by atoms with Crippen molar-refractivity contribution < 1.29 is 51.0 Å². The van der Waals surface area contributed by atoms with Crippen LogP contribution in [0.3, 0.4) is 0 Å². The van der Waals surface area contributed by atoms with Crippen LogP contribution in [0.15, 0.2) is 132 Å². The van der Waals surface area contributed by atoms with Gasteiger partial charge in [0.05, 0.1) is 0 Å². The zero-order chi connectivity index (χ0) is 41.0. The van der Waals surface area contributed by atoms with Crippen LogP contribution in [-0.2, 0) is 32.6 Å². The molecule has 0 N–H and O–H groups in total. The molecule has 0 spiro atoms. The van der Waals surface area contributed by atoms with Crippen molar-refractivity contribution in [3.63, 3.8) is 0 Å². The van der Waals surface area contributed by atoms with Crippen molar-refractivity contribution in [3.8, 4) is 11.1 Å². The molecule has 3 radical (unpaired) electrons. The molecule has 1 saturated carbocycles. The number of hydrogen-bond acceptors (Lipinski definition) is 0. The van der Waals surface area contributed by atoms with Gasteiger partial charge in [0.1, 0.15) is 0 Å². The van der Waals surface area contributed by atoms with Crippen LogP contribution in [0.4, 0.5) is 0 Å². The van der Waals surface area contributed by atoms with Gasteiger partial charge in [0.2, 0.25) is 0 Å². The normalized spacial score (nSPS) is 24.5. The third-order valence-corrected chi connectivity index (χ3v) is 17.2. The van der Waals surface area contributed by atoms with E-state index in [0.29, 0.717) is 0 Å². The average Bonchev–Trinajstić information content (AvgIpc) is 3.76. The zero-order valence-electron chi connectivity index (χ0n) is 38.3. The molecule has 0 bridgehead atoms. The molecule has 0 aliphatic heterocycles. The molecule has 0 saturated heterocycles. The number of fused-ring (bicyclic) bond motifs is 9. The third-order valence-electron chi connectivity index (χ3n) is 17.2. The van der Waals surface area contributed by atoms with Crippen LogP contribution in [0.2, 0.25) is 13.1 Å².